The van der Waals surface area contributed by atoms with Crippen LogP contribution in [0, 0.1) is 5.92 Å². The molecule has 1 aliphatic heterocycles. The first-order valence-corrected chi connectivity index (χ1v) is 7.99. The number of rotatable bonds is 5. The molecule has 0 bridgehead atoms. The van der Waals surface area contributed by atoms with Crippen LogP contribution in [-0.4, -0.2) is 41.5 Å². The van der Waals surface area contributed by atoms with Crippen LogP contribution in [0.15, 0.2) is 28.7 Å². The second-order valence-corrected chi connectivity index (χ2v) is 6.30. The van der Waals surface area contributed by atoms with Crippen molar-refractivity contribution in [2.45, 2.75) is 32.7 Å². The van der Waals surface area contributed by atoms with Crippen molar-refractivity contribution >= 4 is 17.0 Å². The van der Waals surface area contributed by atoms with E-state index in [2.05, 4.69) is 29.0 Å². The molecule has 1 saturated heterocycles. The highest BCUT2D eigenvalue weighted by molar-refractivity contribution is 5.82. The second kappa shape index (κ2) is 6.48. The number of nitrogens with one attached hydrogen (secondary N) is 1. The maximum atomic E-state index is 12.2. The normalized spacial score (nSPS) is 19.8. The Labute approximate surface area is 130 Å². The molecule has 1 aromatic heterocycles. The van der Waals surface area contributed by atoms with Gasteiger partial charge in [0.15, 0.2) is 11.5 Å². The predicted octanol–water partition coefficient (Wildman–Crippen LogP) is 2.22. The average Bonchev–Trinajstić information content (AvgIpc) is 2.90. The first-order chi connectivity index (χ1) is 10.6. The second-order valence-electron chi connectivity index (χ2n) is 6.30. The molecule has 2 aromatic rings. The number of nitrogens with zero attached hydrogens (tertiary/aromatic N) is 2. The summed E-state index contributed by atoms with van der Waals surface area (Å²) in [5.41, 5.74) is 1.63. The zero-order valence-electron chi connectivity index (χ0n) is 13.2. The van der Waals surface area contributed by atoms with Crippen LogP contribution in [0.5, 0.6) is 0 Å². The fourth-order valence-corrected chi connectivity index (χ4v) is 2.85. The predicted molar refractivity (Wildman–Crippen MR) is 85.5 cm³/mol. The zero-order chi connectivity index (χ0) is 15.5. The molecule has 1 N–H and O–H groups in total. The number of para-hydroxylation sites is 2. The highest BCUT2D eigenvalue weighted by Crippen LogP contribution is 2.18. The fourth-order valence-electron chi connectivity index (χ4n) is 2.85. The third-order valence-electron chi connectivity index (χ3n) is 4.14. The summed E-state index contributed by atoms with van der Waals surface area (Å²) in [6, 6.07) is 7.53. The lowest BCUT2D eigenvalue weighted by Crippen LogP contribution is -2.56. The van der Waals surface area contributed by atoms with Crippen LogP contribution in [0.4, 0.5) is 0 Å². The Hall–Kier alpha value is -1.88. The van der Waals surface area contributed by atoms with Crippen molar-refractivity contribution in [1.29, 1.82) is 0 Å². The average molecular weight is 301 g/mol. The topological polar surface area (TPSA) is 58.4 Å². The van der Waals surface area contributed by atoms with Crippen LogP contribution >= 0.6 is 0 Å². The number of hydrogen-bond acceptors (Lipinski definition) is 4. The van der Waals surface area contributed by atoms with Crippen molar-refractivity contribution in [2.24, 2.45) is 5.92 Å². The Balaban J connectivity index is 1.75. The van der Waals surface area contributed by atoms with E-state index in [0.29, 0.717) is 18.2 Å². The van der Waals surface area contributed by atoms with Crippen LogP contribution in [0.2, 0.25) is 0 Å². The third kappa shape index (κ3) is 3.30. The van der Waals surface area contributed by atoms with Gasteiger partial charge >= 0.3 is 0 Å². The molecule has 1 amide bonds. The molecule has 5 heteroatoms. The lowest BCUT2D eigenvalue weighted by atomic mass is 10.1. The van der Waals surface area contributed by atoms with Gasteiger partial charge in [0, 0.05) is 19.5 Å². The Bertz CT molecular complexity index is 617. The molecule has 0 radical (unpaired) electrons. The molecule has 0 aliphatic carbocycles. The molecule has 0 spiro atoms. The van der Waals surface area contributed by atoms with E-state index in [1.165, 1.54) is 0 Å². The highest BCUT2D eigenvalue weighted by atomic mass is 16.3. The van der Waals surface area contributed by atoms with Gasteiger partial charge in [-0.2, -0.15) is 0 Å². The molecule has 22 heavy (non-hydrogen) atoms. The van der Waals surface area contributed by atoms with Gasteiger partial charge in [-0.3, -0.25) is 9.69 Å². The number of fused-ring (bicyclic) bond motifs is 1. The molecule has 5 nitrogen and oxygen atoms in total. The summed E-state index contributed by atoms with van der Waals surface area (Å²) in [5, 5.41) is 2.95. The van der Waals surface area contributed by atoms with E-state index in [-0.39, 0.29) is 11.9 Å². The number of piperazine rings is 1. The van der Waals surface area contributed by atoms with Gasteiger partial charge in [-0.15, -0.1) is 0 Å². The third-order valence-corrected chi connectivity index (χ3v) is 4.14. The van der Waals surface area contributed by atoms with E-state index in [9.17, 15) is 4.79 Å². The summed E-state index contributed by atoms with van der Waals surface area (Å²) < 4.78 is 5.78. The van der Waals surface area contributed by atoms with E-state index in [1.807, 2.05) is 24.3 Å². The van der Waals surface area contributed by atoms with Gasteiger partial charge in [0.1, 0.15) is 5.52 Å². The fraction of sp³-hybridized carbons (Fsp3) is 0.529. The minimum Gasteiger partial charge on any atom is -0.441 e. The van der Waals surface area contributed by atoms with E-state index in [1.54, 1.807) is 0 Å². The molecule has 1 aromatic carbocycles. The van der Waals surface area contributed by atoms with Crippen molar-refractivity contribution in [3.8, 4) is 0 Å². The minimum absolute atomic E-state index is 0.0808. The van der Waals surface area contributed by atoms with Crippen LogP contribution < -0.4 is 5.32 Å². The monoisotopic (exact) mass is 301 g/mol. The molecular formula is C17H23N3O2. The van der Waals surface area contributed by atoms with Gasteiger partial charge in [-0.1, -0.05) is 26.0 Å². The number of hydrogen-bond donors (Lipinski definition) is 1. The van der Waals surface area contributed by atoms with Crippen molar-refractivity contribution in [3.05, 3.63) is 30.2 Å². The highest BCUT2D eigenvalue weighted by Gasteiger charge is 2.31. The Morgan fingerprint density at radius 1 is 1.41 bits per heavy atom. The van der Waals surface area contributed by atoms with Gasteiger partial charge in [-0.25, -0.2) is 4.98 Å². The van der Waals surface area contributed by atoms with Gasteiger partial charge in [0.2, 0.25) is 5.91 Å². The number of aromatic nitrogens is 1. The number of amides is 1. The van der Waals surface area contributed by atoms with Gasteiger partial charge in [0.25, 0.3) is 0 Å². The summed E-state index contributed by atoms with van der Waals surface area (Å²) in [5.74, 6) is 1.35. The van der Waals surface area contributed by atoms with Gasteiger partial charge in [0.05, 0.1) is 6.04 Å². The van der Waals surface area contributed by atoms with E-state index >= 15 is 0 Å². The van der Waals surface area contributed by atoms with E-state index < -0.39 is 0 Å². The van der Waals surface area contributed by atoms with Crippen molar-refractivity contribution in [3.63, 3.8) is 0 Å². The molecule has 118 valence electrons. The number of benzene rings is 1. The standard InChI is InChI=1S/C17H23N3O2/c1-12(2)7-9-20-10-8-18-17(21)14(20)11-16-19-13-5-3-4-6-15(13)22-16/h3-6,12,14H,7-11H2,1-2H3,(H,18,21). The molecule has 1 fully saturated rings. The molecule has 1 aliphatic rings. The van der Waals surface area contributed by atoms with Crippen LogP contribution in [0.1, 0.15) is 26.2 Å². The summed E-state index contributed by atoms with van der Waals surface area (Å²) >= 11 is 0. The van der Waals surface area contributed by atoms with Crippen molar-refractivity contribution in [2.75, 3.05) is 19.6 Å². The summed E-state index contributed by atoms with van der Waals surface area (Å²) in [6.07, 6.45) is 1.62. The van der Waals surface area contributed by atoms with Crippen molar-refractivity contribution in [1.82, 2.24) is 15.2 Å². The maximum absolute atomic E-state index is 12.2. The smallest absolute Gasteiger partial charge is 0.237 e. The largest absolute Gasteiger partial charge is 0.441 e. The van der Waals surface area contributed by atoms with Gasteiger partial charge < -0.3 is 9.73 Å². The lowest BCUT2D eigenvalue weighted by molar-refractivity contribution is -0.129. The maximum Gasteiger partial charge on any atom is 0.237 e. The minimum atomic E-state index is -0.180. The first kappa shape index (κ1) is 15.0. The zero-order valence-corrected chi connectivity index (χ0v) is 13.2. The number of carbonyl (C=O) groups is 1. The molecule has 0 saturated carbocycles. The summed E-state index contributed by atoms with van der Waals surface area (Å²) in [4.78, 5) is 19.0. The SMILES string of the molecule is CC(C)CCN1CCNC(=O)C1Cc1nc2ccccc2o1. The Morgan fingerprint density at radius 3 is 3.00 bits per heavy atom. The van der Waals surface area contributed by atoms with Crippen molar-refractivity contribution < 1.29 is 9.21 Å². The molecule has 1 unspecified atom stereocenters. The summed E-state index contributed by atoms with van der Waals surface area (Å²) in [6.45, 7) is 6.97. The lowest BCUT2D eigenvalue weighted by Gasteiger charge is -2.34. The quantitative estimate of drug-likeness (QED) is 0.920. The molecular weight excluding hydrogens is 278 g/mol. The Morgan fingerprint density at radius 2 is 2.23 bits per heavy atom. The van der Waals surface area contributed by atoms with Crippen LogP contribution in [0.3, 0.4) is 0 Å². The molecule has 3 rings (SSSR count). The summed E-state index contributed by atoms with van der Waals surface area (Å²) in [7, 11) is 0. The van der Waals surface area contributed by atoms with E-state index in [0.717, 1.165) is 37.2 Å². The Kier molecular flexibility index (Phi) is 4.43. The van der Waals surface area contributed by atoms with E-state index in [4.69, 9.17) is 4.42 Å². The van der Waals surface area contributed by atoms with Gasteiger partial charge in [-0.05, 0) is 31.0 Å². The first-order valence-electron chi connectivity index (χ1n) is 7.99. The number of carbonyl (C=O) groups excluding carboxylic acids is 1. The van der Waals surface area contributed by atoms with Crippen LogP contribution in [-0.2, 0) is 11.2 Å². The molecule has 2 heterocycles. The number of oxazole rings is 1. The molecule has 1 atom stereocenters. The van der Waals surface area contributed by atoms with Crippen LogP contribution in [0.25, 0.3) is 11.1 Å².